The van der Waals surface area contributed by atoms with Crippen LogP contribution in [0, 0.1) is 0 Å². The van der Waals surface area contributed by atoms with Gasteiger partial charge < -0.3 is 5.73 Å². The summed E-state index contributed by atoms with van der Waals surface area (Å²) in [5, 5.41) is 0. The molecule has 3 heteroatoms. The van der Waals surface area contributed by atoms with Gasteiger partial charge in [0, 0.05) is 11.3 Å². The molecule has 78 valence electrons. The molecule has 0 atom stereocenters. The highest BCUT2D eigenvalue weighted by Gasteiger charge is 2.07. The smallest absolute Gasteiger partial charge is 0.174 e. The van der Waals surface area contributed by atoms with E-state index >= 15 is 0 Å². The van der Waals surface area contributed by atoms with Crippen molar-refractivity contribution in [2.75, 3.05) is 0 Å². The minimum Gasteiger partial charge on any atom is -0.399 e. The van der Waals surface area contributed by atoms with E-state index in [-0.39, 0.29) is 0 Å². The van der Waals surface area contributed by atoms with E-state index in [1.807, 2.05) is 13.0 Å². The molecule has 1 rings (SSSR count). The number of thiol groups is 1. The Balaban J connectivity index is 3.16. The quantitative estimate of drug-likeness (QED) is 0.424. The third kappa shape index (κ3) is 3.20. The van der Waals surface area contributed by atoms with Gasteiger partial charge in [-0.3, -0.25) is 0 Å². The Morgan fingerprint density at radius 2 is 2.20 bits per heavy atom. The Morgan fingerprint density at radius 3 is 2.60 bits per heavy atom. The van der Waals surface area contributed by atoms with Crippen molar-refractivity contribution in [3.8, 4) is 0 Å². The molecular weight excluding hydrogens is 201 g/mol. The van der Waals surface area contributed by atoms with E-state index in [0.29, 0.717) is 5.70 Å². The SMILES string of the molecule is C=C(N)C(/C=C(\C)S)=C(/C)C1=CBC=C1. The van der Waals surface area contributed by atoms with Gasteiger partial charge in [0.1, 0.15) is 0 Å². The molecule has 0 aromatic rings. The van der Waals surface area contributed by atoms with Crippen LogP contribution in [0.3, 0.4) is 0 Å². The van der Waals surface area contributed by atoms with Gasteiger partial charge in [-0.05, 0) is 36.0 Å². The van der Waals surface area contributed by atoms with Crippen molar-refractivity contribution in [1.29, 1.82) is 0 Å². The maximum Gasteiger partial charge on any atom is 0.174 e. The van der Waals surface area contributed by atoms with Gasteiger partial charge in [-0.25, -0.2) is 0 Å². The van der Waals surface area contributed by atoms with Crippen molar-refractivity contribution >= 4 is 19.9 Å². The molecule has 1 nitrogen and oxygen atoms in total. The van der Waals surface area contributed by atoms with Crippen molar-refractivity contribution in [2.24, 2.45) is 5.73 Å². The standard InChI is InChI=1S/C12H16BNS/c1-8(15)6-12(10(3)14)9(2)11-4-5-13-7-11/h4-7,13,15H,3,14H2,1-2H3/b8-6+,12-9-. The number of hydrogen-bond donors (Lipinski definition) is 2. The molecule has 1 heterocycles. The van der Waals surface area contributed by atoms with Gasteiger partial charge in [-0.15, -0.1) is 24.6 Å². The van der Waals surface area contributed by atoms with Crippen molar-refractivity contribution in [1.82, 2.24) is 0 Å². The van der Waals surface area contributed by atoms with E-state index in [0.717, 1.165) is 23.3 Å². The van der Waals surface area contributed by atoms with E-state index < -0.39 is 0 Å². The first-order valence-corrected chi connectivity index (χ1v) is 5.37. The lowest BCUT2D eigenvalue weighted by Crippen LogP contribution is -2.01. The molecule has 0 saturated carbocycles. The zero-order valence-corrected chi connectivity index (χ0v) is 10.1. The summed E-state index contributed by atoms with van der Waals surface area (Å²) in [6.45, 7) is 7.78. The lowest BCUT2D eigenvalue weighted by Gasteiger charge is -2.09. The third-order valence-corrected chi connectivity index (χ3v) is 2.44. The van der Waals surface area contributed by atoms with Gasteiger partial charge in [-0.2, -0.15) is 0 Å². The Kier molecular flexibility index (Phi) is 4.10. The molecule has 15 heavy (non-hydrogen) atoms. The van der Waals surface area contributed by atoms with Crippen molar-refractivity contribution < 1.29 is 0 Å². The van der Waals surface area contributed by atoms with Crippen LogP contribution < -0.4 is 5.73 Å². The minimum atomic E-state index is 0.585. The van der Waals surface area contributed by atoms with E-state index in [1.165, 1.54) is 5.57 Å². The molecular formula is C12H16BNS. The fourth-order valence-electron chi connectivity index (χ4n) is 1.54. The summed E-state index contributed by atoms with van der Waals surface area (Å²) in [5.41, 5.74) is 9.71. The highest BCUT2D eigenvalue weighted by atomic mass is 32.1. The van der Waals surface area contributed by atoms with Crippen LogP contribution in [0.15, 0.2) is 58.0 Å². The number of rotatable bonds is 3. The summed E-state index contributed by atoms with van der Waals surface area (Å²) in [6.07, 6.45) is 4.06. The predicted octanol–water partition coefficient (Wildman–Crippen LogP) is 2.46. The molecule has 0 amide bonds. The summed E-state index contributed by atoms with van der Waals surface area (Å²) in [4.78, 5) is 0.929. The summed E-state index contributed by atoms with van der Waals surface area (Å²) in [7, 11) is 1.00. The Bertz CT molecular complexity index is 396. The summed E-state index contributed by atoms with van der Waals surface area (Å²) in [5.74, 6) is 4.31. The van der Waals surface area contributed by atoms with Crippen LogP contribution in [-0.4, -0.2) is 7.28 Å². The van der Waals surface area contributed by atoms with E-state index in [2.05, 4.69) is 44.2 Å². The highest BCUT2D eigenvalue weighted by Crippen LogP contribution is 2.23. The summed E-state index contributed by atoms with van der Waals surface area (Å²) >= 11 is 4.26. The molecule has 0 unspecified atom stereocenters. The van der Waals surface area contributed by atoms with Crippen LogP contribution in [0.4, 0.5) is 0 Å². The van der Waals surface area contributed by atoms with E-state index in [4.69, 9.17) is 5.73 Å². The number of allylic oxidation sites excluding steroid dienone is 5. The lowest BCUT2D eigenvalue weighted by atomic mass is 9.81. The number of hydrogen-bond acceptors (Lipinski definition) is 2. The fraction of sp³-hybridized carbons (Fsp3) is 0.167. The number of nitrogens with two attached hydrogens (primary N) is 1. The summed E-state index contributed by atoms with van der Waals surface area (Å²) < 4.78 is 0. The van der Waals surface area contributed by atoms with Crippen LogP contribution >= 0.6 is 12.6 Å². The monoisotopic (exact) mass is 217 g/mol. The second-order valence-electron chi connectivity index (χ2n) is 3.65. The molecule has 0 bridgehead atoms. The lowest BCUT2D eigenvalue weighted by molar-refractivity contribution is 1.28. The van der Waals surface area contributed by atoms with Crippen LogP contribution in [0.2, 0.25) is 0 Å². The van der Waals surface area contributed by atoms with Gasteiger partial charge in [0.25, 0.3) is 0 Å². The largest absolute Gasteiger partial charge is 0.399 e. The van der Waals surface area contributed by atoms with Crippen LogP contribution in [0.25, 0.3) is 0 Å². The average molecular weight is 217 g/mol. The molecule has 0 aromatic carbocycles. The first-order valence-electron chi connectivity index (χ1n) is 4.92. The molecule has 1 aliphatic rings. The molecule has 0 spiro atoms. The maximum atomic E-state index is 5.77. The molecule has 0 fully saturated rings. The molecule has 2 N–H and O–H groups in total. The van der Waals surface area contributed by atoms with Crippen molar-refractivity contribution in [2.45, 2.75) is 13.8 Å². The Morgan fingerprint density at radius 1 is 1.53 bits per heavy atom. The van der Waals surface area contributed by atoms with Crippen molar-refractivity contribution in [3.63, 3.8) is 0 Å². The zero-order chi connectivity index (χ0) is 11.4. The molecule has 0 saturated heterocycles. The van der Waals surface area contributed by atoms with Gasteiger partial charge in [0.15, 0.2) is 7.28 Å². The molecule has 1 aliphatic heterocycles. The van der Waals surface area contributed by atoms with E-state index in [1.54, 1.807) is 0 Å². The molecule has 0 aromatic heterocycles. The van der Waals surface area contributed by atoms with Gasteiger partial charge in [-0.1, -0.05) is 12.7 Å². The van der Waals surface area contributed by atoms with Gasteiger partial charge in [0.2, 0.25) is 0 Å². The average Bonchev–Trinajstić information content (AvgIpc) is 2.65. The van der Waals surface area contributed by atoms with Gasteiger partial charge >= 0.3 is 0 Å². The fourth-order valence-corrected chi connectivity index (χ4v) is 1.67. The second kappa shape index (κ2) is 5.12. The predicted molar refractivity (Wildman–Crippen MR) is 73.1 cm³/mol. The first kappa shape index (κ1) is 12.0. The Labute approximate surface area is 97.8 Å². The van der Waals surface area contributed by atoms with Crippen LogP contribution in [0.1, 0.15) is 13.8 Å². The summed E-state index contributed by atoms with van der Waals surface area (Å²) in [6, 6.07) is 0. The van der Waals surface area contributed by atoms with Gasteiger partial charge in [0.05, 0.1) is 0 Å². The molecule has 0 aliphatic carbocycles. The van der Waals surface area contributed by atoms with Crippen molar-refractivity contribution in [3.05, 3.63) is 58.0 Å². The van der Waals surface area contributed by atoms with Crippen LogP contribution in [0.5, 0.6) is 0 Å². The Hall–Kier alpha value is -1.09. The van der Waals surface area contributed by atoms with E-state index in [9.17, 15) is 0 Å². The topological polar surface area (TPSA) is 26.0 Å². The normalized spacial score (nSPS) is 17.0. The third-order valence-electron chi connectivity index (χ3n) is 2.31. The second-order valence-corrected chi connectivity index (χ2v) is 4.35. The maximum absolute atomic E-state index is 5.77. The highest BCUT2D eigenvalue weighted by molar-refractivity contribution is 7.84. The first-order chi connectivity index (χ1) is 7.02. The molecule has 0 radical (unpaired) electrons. The van der Waals surface area contributed by atoms with Crippen LogP contribution in [-0.2, 0) is 0 Å². The zero-order valence-electron chi connectivity index (χ0n) is 9.25. The minimum absolute atomic E-state index is 0.585.